The second kappa shape index (κ2) is 5.81. The summed E-state index contributed by atoms with van der Waals surface area (Å²) in [5.74, 6) is -1.56. The zero-order chi connectivity index (χ0) is 14.8. The van der Waals surface area contributed by atoms with E-state index in [1.165, 1.54) is 5.56 Å². The lowest BCUT2D eigenvalue weighted by molar-refractivity contribution is -0.142. The number of aromatic nitrogens is 1. The lowest BCUT2D eigenvalue weighted by Gasteiger charge is -2.35. The number of carboxylic acid groups (broad SMARTS) is 1. The summed E-state index contributed by atoms with van der Waals surface area (Å²) < 4.78 is 0. The van der Waals surface area contributed by atoms with Gasteiger partial charge in [0.25, 0.3) is 0 Å². The topological polar surface area (TPSA) is 73.7 Å². The highest BCUT2D eigenvalue weighted by atomic mass is 16.4. The molecule has 0 radical (unpaired) electrons. The van der Waals surface area contributed by atoms with Gasteiger partial charge in [0.05, 0.1) is 11.8 Å². The number of aliphatic carboxylic acids is 1. The van der Waals surface area contributed by atoms with Crippen LogP contribution in [0.1, 0.15) is 12.0 Å². The minimum Gasteiger partial charge on any atom is -0.481 e. The summed E-state index contributed by atoms with van der Waals surface area (Å²) in [4.78, 5) is 31.1. The minimum atomic E-state index is -0.843. The van der Waals surface area contributed by atoms with Gasteiger partial charge >= 0.3 is 5.97 Å². The van der Waals surface area contributed by atoms with Crippen molar-refractivity contribution in [3.05, 3.63) is 30.1 Å². The van der Waals surface area contributed by atoms with Crippen molar-refractivity contribution < 1.29 is 14.7 Å². The van der Waals surface area contributed by atoms with Crippen LogP contribution in [0.2, 0.25) is 0 Å². The SMILES string of the molecule is O=C(O)[C@H]1C[C@H]1C(=O)N1CCN(Cc2ccncc2)CC1. The molecule has 21 heavy (non-hydrogen) atoms. The van der Waals surface area contributed by atoms with E-state index in [-0.39, 0.29) is 11.8 Å². The number of carboxylic acids is 1. The molecular weight excluding hydrogens is 270 g/mol. The molecule has 1 amide bonds. The largest absolute Gasteiger partial charge is 0.481 e. The zero-order valence-corrected chi connectivity index (χ0v) is 11.8. The molecule has 6 nitrogen and oxygen atoms in total. The normalized spacial score (nSPS) is 25.6. The van der Waals surface area contributed by atoms with Crippen molar-refractivity contribution in [3.63, 3.8) is 0 Å². The molecule has 2 fully saturated rings. The van der Waals surface area contributed by atoms with E-state index < -0.39 is 11.9 Å². The Labute approximate surface area is 123 Å². The highest BCUT2D eigenvalue weighted by Gasteiger charge is 2.49. The Balaban J connectivity index is 1.47. The molecule has 1 saturated heterocycles. The molecule has 2 heterocycles. The van der Waals surface area contributed by atoms with Gasteiger partial charge in [-0.1, -0.05) is 0 Å². The van der Waals surface area contributed by atoms with E-state index in [9.17, 15) is 9.59 Å². The van der Waals surface area contributed by atoms with Gasteiger partial charge in [-0.25, -0.2) is 0 Å². The molecule has 1 aromatic heterocycles. The summed E-state index contributed by atoms with van der Waals surface area (Å²) in [5.41, 5.74) is 1.22. The molecule has 1 saturated carbocycles. The minimum absolute atomic E-state index is 0.0194. The molecule has 0 spiro atoms. The van der Waals surface area contributed by atoms with E-state index in [1.807, 2.05) is 17.0 Å². The maximum atomic E-state index is 12.2. The van der Waals surface area contributed by atoms with Gasteiger partial charge in [-0.2, -0.15) is 0 Å². The van der Waals surface area contributed by atoms with Gasteiger partial charge in [0, 0.05) is 45.1 Å². The standard InChI is InChI=1S/C15H19N3O3/c19-14(12-9-13(12)15(20)21)18-7-5-17(6-8-18)10-11-1-3-16-4-2-11/h1-4,12-13H,5-10H2,(H,20,21)/t12-,13+/m1/s1. The molecule has 2 atom stereocenters. The molecule has 2 aliphatic rings. The number of carbonyl (C=O) groups is 2. The lowest BCUT2D eigenvalue weighted by Crippen LogP contribution is -2.49. The third kappa shape index (κ3) is 3.21. The number of amides is 1. The number of carbonyl (C=O) groups excluding carboxylic acids is 1. The molecule has 3 rings (SSSR count). The van der Waals surface area contributed by atoms with Crippen LogP contribution < -0.4 is 0 Å². The average molecular weight is 289 g/mol. The van der Waals surface area contributed by atoms with E-state index in [4.69, 9.17) is 5.11 Å². The third-order valence-electron chi connectivity index (χ3n) is 4.26. The Hall–Kier alpha value is -1.95. The highest BCUT2D eigenvalue weighted by molar-refractivity contribution is 5.89. The molecule has 1 N–H and O–H groups in total. The lowest BCUT2D eigenvalue weighted by atomic mass is 10.2. The Morgan fingerprint density at radius 1 is 1.14 bits per heavy atom. The number of hydrogen-bond acceptors (Lipinski definition) is 4. The first-order valence-corrected chi connectivity index (χ1v) is 7.28. The third-order valence-corrected chi connectivity index (χ3v) is 4.26. The van der Waals surface area contributed by atoms with E-state index >= 15 is 0 Å². The molecule has 6 heteroatoms. The van der Waals surface area contributed by atoms with E-state index in [0.717, 1.165) is 19.6 Å². The summed E-state index contributed by atoms with van der Waals surface area (Å²) in [6.45, 7) is 3.91. The molecule has 1 aliphatic carbocycles. The van der Waals surface area contributed by atoms with E-state index in [0.29, 0.717) is 19.5 Å². The average Bonchev–Trinajstić information content (AvgIpc) is 3.29. The number of rotatable bonds is 4. The summed E-state index contributed by atoms with van der Waals surface area (Å²) in [5, 5.41) is 8.89. The van der Waals surface area contributed by atoms with Crippen LogP contribution in [0, 0.1) is 11.8 Å². The van der Waals surface area contributed by atoms with Gasteiger partial charge in [-0.05, 0) is 24.1 Å². The molecule has 0 bridgehead atoms. The predicted octanol–water partition coefficient (Wildman–Crippen LogP) is 0.446. The van der Waals surface area contributed by atoms with Crippen LogP contribution in [0.4, 0.5) is 0 Å². The van der Waals surface area contributed by atoms with Crippen molar-refractivity contribution in [2.75, 3.05) is 26.2 Å². The number of piperazine rings is 1. The Kier molecular flexibility index (Phi) is 3.88. The first-order valence-electron chi connectivity index (χ1n) is 7.28. The van der Waals surface area contributed by atoms with Crippen LogP contribution in [0.15, 0.2) is 24.5 Å². The van der Waals surface area contributed by atoms with Crippen molar-refractivity contribution in [2.24, 2.45) is 11.8 Å². The van der Waals surface area contributed by atoms with Crippen molar-refractivity contribution in [1.29, 1.82) is 0 Å². The maximum Gasteiger partial charge on any atom is 0.307 e. The fourth-order valence-corrected chi connectivity index (χ4v) is 2.85. The van der Waals surface area contributed by atoms with Crippen LogP contribution >= 0.6 is 0 Å². The molecule has 0 unspecified atom stereocenters. The second-order valence-corrected chi connectivity index (χ2v) is 5.74. The molecule has 0 aromatic carbocycles. The van der Waals surface area contributed by atoms with Crippen molar-refractivity contribution in [2.45, 2.75) is 13.0 Å². The van der Waals surface area contributed by atoms with Gasteiger partial charge < -0.3 is 10.0 Å². The Morgan fingerprint density at radius 2 is 1.81 bits per heavy atom. The summed E-state index contributed by atoms with van der Waals surface area (Å²) in [6, 6.07) is 4.00. The van der Waals surface area contributed by atoms with Crippen LogP contribution in [0.3, 0.4) is 0 Å². The second-order valence-electron chi connectivity index (χ2n) is 5.74. The predicted molar refractivity (Wildman–Crippen MR) is 75.3 cm³/mol. The smallest absolute Gasteiger partial charge is 0.307 e. The monoisotopic (exact) mass is 289 g/mol. The number of nitrogens with zero attached hydrogens (tertiary/aromatic N) is 3. The number of hydrogen-bond donors (Lipinski definition) is 1. The van der Waals surface area contributed by atoms with Crippen LogP contribution in [-0.2, 0) is 16.1 Å². The maximum absolute atomic E-state index is 12.2. The fourth-order valence-electron chi connectivity index (χ4n) is 2.85. The van der Waals surface area contributed by atoms with Gasteiger partial charge in [-0.15, -0.1) is 0 Å². The van der Waals surface area contributed by atoms with Crippen molar-refractivity contribution >= 4 is 11.9 Å². The summed E-state index contributed by atoms with van der Waals surface area (Å²) in [7, 11) is 0. The zero-order valence-electron chi connectivity index (χ0n) is 11.8. The van der Waals surface area contributed by atoms with Gasteiger partial charge in [-0.3, -0.25) is 19.5 Å². The van der Waals surface area contributed by atoms with E-state index in [1.54, 1.807) is 12.4 Å². The molecular formula is C15H19N3O3. The van der Waals surface area contributed by atoms with Crippen LogP contribution in [-0.4, -0.2) is 57.9 Å². The molecule has 1 aromatic rings. The fraction of sp³-hybridized carbons (Fsp3) is 0.533. The van der Waals surface area contributed by atoms with Crippen molar-refractivity contribution in [1.82, 2.24) is 14.8 Å². The molecule has 1 aliphatic heterocycles. The quantitative estimate of drug-likeness (QED) is 0.871. The number of pyridine rings is 1. The van der Waals surface area contributed by atoms with Gasteiger partial charge in [0.15, 0.2) is 0 Å². The first kappa shape index (κ1) is 14.0. The first-order chi connectivity index (χ1) is 10.1. The Morgan fingerprint density at radius 3 is 2.38 bits per heavy atom. The van der Waals surface area contributed by atoms with Crippen molar-refractivity contribution in [3.8, 4) is 0 Å². The highest BCUT2D eigenvalue weighted by Crippen LogP contribution is 2.40. The summed E-state index contributed by atoms with van der Waals surface area (Å²) in [6.07, 6.45) is 4.08. The summed E-state index contributed by atoms with van der Waals surface area (Å²) >= 11 is 0. The van der Waals surface area contributed by atoms with Gasteiger partial charge in [0.2, 0.25) is 5.91 Å². The van der Waals surface area contributed by atoms with Gasteiger partial charge in [0.1, 0.15) is 0 Å². The van der Waals surface area contributed by atoms with Crippen LogP contribution in [0.25, 0.3) is 0 Å². The Bertz CT molecular complexity index is 526. The van der Waals surface area contributed by atoms with E-state index in [2.05, 4.69) is 9.88 Å². The molecule has 112 valence electrons. The van der Waals surface area contributed by atoms with Crippen LogP contribution in [0.5, 0.6) is 0 Å².